The molecule has 1 fully saturated rings. The molecule has 0 bridgehead atoms. The fraction of sp³-hybridized carbons (Fsp3) is 0.450. The molecule has 1 aromatic carbocycles. The summed E-state index contributed by atoms with van der Waals surface area (Å²) < 4.78 is 5.19. The third-order valence-corrected chi connectivity index (χ3v) is 4.85. The van der Waals surface area contributed by atoms with Crippen LogP contribution in [0, 0.1) is 13.8 Å². The molecule has 0 saturated carbocycles. The monoisotopic (exact) mass is 497 g/mol. The number of nitrogens with zero attached hydrogens (tertiary/aromatic N) is 3. The van der Waals surface area contributed by atoms with Crippen LogP contribution in [0.4, 0.5) is 5.69 Å². The van der Waals surface area contributed by atoms with Gasteiger partial charge in [0.05, 0.1) is 5.69 Å². The summed E-state index contributed by atoms with van der Waals surface area (Å²) in [6.45, 7) is 6.12. The van der Waals surface area contributed by atoms with Gasteiger partial charge < -0.3 is 20.1 Å². The Labute approximate surface area is 183 Å². The molecule has 8 heteroatoms. The van der Waals surface area contributed by atoms with Gasteiger partial charge in [-0.25, -0.2) is 0 Å². The number of hydrogen-bond donors (Lipinski definition) is 2. The Morgan fingerprint density at radius 3 is 2.57 bits per heavy atom. The van der Waals surface area contributed by atoms with Gasteiger partial charge in [0, 0.05) is 44.4 Å². The second-order valence-corrected chi connectivity index (χ2v) is 6.72. The molecule has 3 rings (SSSR count). The number of halogens is 1. The Balaban J connectivity index is 0.00000280. The third-order valence-electron chi connectivity index (χ3n) is 4.85. The molecule has 2 N–H and O–H groups in total. The second-order valence-electron chi connectivity index (χ2n) is 6.72. The van der Waals surface area contributed by atoms with Gasteiger partial charge >= 0.3 is 0 Å². The highest BCUT2D eigenvalue weighted by atomic mass is 127. The smallest absolute Gasteiger partial charge is 0.227 e. The van der Waals surface area contributed by atoms with E-state index in [2.05, 4.69) is 20.8 Å². The van der Waals surface area contributed by atoms with Gasteiger partial charge in [-0.3, -0.25) is 9.79 Å². The van der Waals surface area contributed by atoms with Crippen molar-refractivity contribution in [2.24, 2.45) is 4.99 Å². The normalized spacial score (nSPS) is 14.2. The number of benzene rings is 1. The van der Waals surface area contributed by atoms with E-state index < -0.39 is 0 Å². The van der Waals surface area contributed by atoms with E-state index in [4.69, 9.17) is 4.52 Å². The lowest BCUT2D eigenvalue weighted by Gasteiger charge is -2.16. The van der Waals surface area contributed by atoms with E-state index in [1.54, 1.807) is 7.05 Å². The maximum Gasteiger partial charge on any atom is 0.227 e. The van der Waals surface area contributed by atoms with Gasteiger partial charge in [-0.15, -0.1) is 24.0 Å². The van der Waals surface area contributed by atoms with E-state index in [-0.39, 0.29) is 29.9 Å². The van der Waals surface area contributed by atoms with E-state index in [1.807, 2.05) is 43.0 Å². The molecular formula is C20H28IN5O2. The van der Waals surface area contributed by atoms with Crippen molar-refractivity contribution in [1.82, 2.24) is 15.8 Å². The Kier molecular flexibility index (Phi) is 8.28. The number of carbonyl (C=O) groups excluding carboxylic acids is 1. The quantitative estimate of drug-likeness (QED) is 0.365. The molecule has 0 radical (unpaired) electrons. The van der Waals surface area contributed by atoms with Crippen LogP contribution in [0.5, 0.6) is 0 Å². The highest BCUT2D eigenvalue weighted by Gasteiger charge is 2.21. The largest absolute Gasteiger partial charge is 0.361 e. The third kappa shape index (κ3) is 5.46. The van der Waals surface area contributed by atoms with Gasteiger partial charge in [0.25, 0.3) is 0 Å². The van der Waals surface area contributed by atoms with Crippen LogP contribution >= 0.6 is 24.0 Å². The lowest BCUT2D eigenvalue weighted by molar-refractivity contribution is -0.117. The summed E-state index contributed by atoms with van der Waals surface area (Å²) in [6.07, 6.45) is 2.43. The minimum atomic E-state index is 0. The summed E-state index contributed by atoms with van der Waals surface area (Å²) in [5, 5.41) is 10.6. The summed E-state index contributed by atoms with van der Waals surface area (Å²) in [5.41, 5.74) is 4.20. The number of aromatic nitrogens is 1. The van der Waals surface area contributed by atoms with Crippen LogP contribution in [0.25, 0.3) is 0 Å². The number of carbonyl (C=O) groups is 1. The highest BCUT2D eigenvalue weighted by molar-refractivity contribution is 14.0. The Bertz CT molecular complexity index is 797. The van der Waals surface area contributed by atoms with Crippen LogP contribution in [0.3, 0.4) is 0 Å². The van der Waals surface area contributed by atoms with Gasteiger partial charge in [0.2, 0.25) is 5.91 Å². The number of guanidine groups is 1. The van der Waals surface area contributed by atoms with Crippen LogP contribution in [0.1, 0.15) is 35.4 Å². The Hall–Kier alpha value is -2.10. The highest BCUT2D eigenvalue weighted by Crippen LogP contribution is 2.21. The average Bonchev–Trinajstić information content (AvgIpc) is 3.24. The second kappa shape index (κ2) is 10.4. The molecule has 1 aliphatic heterocycles. The molecule has 1 amide bonds. The van der Waals surface area contributed by atoms with Crippen molar-refractivity contribution in [2.75, 3.05) is 25.0 Å². The molecular weight excluding hydrogens is 469 g/mol. The summed E-state index contributed by atoms with van der Waals surface area (Å²) in [5.74, 6) is 1.83. The number of amides is 1. The predicted octanol–water partition coefficient (Wildman–Crippen LogP) is 2.94. The molecule has 0 aliphatic carbocycles. The first-order valence-electron chi connectivity index (χ1n) is 9.34. The SMILES string of the molecule is CN=C(NCCc1c(C)noc1C)NCc1ccc(N2CCCC2=O)cc1.I. The number of aryl methyl sites for hydroxylation is 2. The Morgan fingerprint density at radius 2 is 2.00 bits per heavy atom. The van der Waals surface area contributed by atoms with Gasteiger partial charge in [-0.1, -0.05) is 17.3 Å². The van der Waals surface area contributed by atoms with E-state index >= 15 is 0 Å². The van der Waals surface area contributed by atoms with Crippen molar-refractivity contribution in [2.45, 2.75) is 39.7 Å². The molecule has 0 spiro atoms. The van der Waals surface area contributed by atoms with Crippen molar-refractivity contribution < 1.29 is 9.32 Å². The van der Waals surface area contributed by atoms with E-state index in [0.29, 0.717) is 13.0 Å². The van der Waals surface area contributed by atoms with Crippen molar-refractivity contribution in [3.8, 4) is 0 Å². The number of anilines is 1. The molecule has 1 saturated heterocycles. The van der Waals surface area contributed by atoms with E-state index in [1.165, 1.54) is 0 Å². The fourth-order valence-electron chi connectivity index (χ4n) is 3.29. The van der Waals surface area contributed by atoms with Gasteiger partial charge in [0.15, 0.2) is 5.96 Å². The first kappa shape index (κ1) is 22.2. The maximum absolute atomic E-state index is 11.8. The van der Waals surface area contributed by atoms with Crippen molar-refractivity contribution in [1.29, 1.82) is 0 Å². The Morgan fingerprint density at radius 1 is 1.25 bits per heavy atom. The molecule has 152 valence electrons. The lowest BCUT2D eigenvalue weighted by atomic mass is 10.1. The maximum atomic E-state index is 11.8. The molecule has 1 aliphatic rings. The van der Waals surface area contributed by atoms with Crippen LogP contribution in [-0.4, -0.2) is 37.2 Å². The molecule has 7 nitrogen and oxygen atoms in total. The first-order valence-corrected chi connectivity index (χ1v) is 9.34. The molecule has 1 aromatic heterocycles. The standard InChI is InChI=1S/C20H27N5O2.HI/c1-14-18(15(2)27-24-14)10-11-22-20(21-3)23-13-16-6-8-17(9-7-16)25-12-4-5-19(25)26;/h6-9H,4-5,10-13H2,1-3H3,(H2,21,22,23);1H. The van der Waals surface area contributed by atoms with Gasteiger partial charge in [0.1, 0.15) is 5.76 Å². The molecule has 2 heterocycles. The zero-order chi connectivity index (χ0) is 19.2. The van der Waals surface area contributed by atoms with Crippen molar-refractivity contribution in [3.05, 3.63) is 46.8 Å². The predicted molar refractivity (Wildman–Crippen MR) is 121 cm³/mol. The first-order chi connectivity index (χ1) is 13.1. The van der Waals surface area contributed by atoms with Crippen molar-refractivity contribution >= 4 is 41.5 Å². The zero-order valence-electron chi connectivity index (χ0n) is 16.6. The molecule has 2 aromatic rings. The summed E-state index contributed by atoms with van der Waals surface area (Å²) in [4.78, 5) is 17.9. The van der Waals surface area contributed by atoms with Crippen LogP contribution in [0.15, 0.2) is 33.8 Å². The van der Waals surface area contributed by atoms with Crippen LogP contribution in [0.2, 0.25) is 0 Å². The van der Waals surface area contributed by atoms with E-state index in [9.17, 15) is 4.79 Å². The van der Waals surface area contributed by atoms with Gasteiger partial charge in [-0.2, -0.15) is 0 Å². The van der Waals surface area contributed by atoms with Crippen LogP contribution in [-0.2, 0) is 17.8 Å². The molecule has 28 heavy (non-hydrogen) atoms. The number of hydrogen-bond acceptors (Lipinski definition) is 4. The number of nitrogens with one attached hydrogen (secondary N) is 2. The number of aliphatic imine (C=N–C) groups is 1. The van der Waals surface area contributed by atoms with Gasteiger partial charge in [-0.05, 0) is 44.4 Å². The lowest BCUT2D eigenvalue weighted by Crippen LogP contribution is -2.37. The number of rotatable bonds is 6. The topological polar surface area (TPSA) is 82.8 Å². The minimum absolute atomic E-state index is 0. The average molecular weight is 497 g/mol. The minimum Gasteiger partial charge on any atom is -0.361 e. The summed E-state index contributed by atoms with van der Waals surface area (Å²) >= 11 is 0. The summed E-state index contributed by atoms with van der Waals surface area (Å²) in [6, 6.07) is 8.11. The van der Waals surface area contributed by atoms with Crippen molar-refractivity contribution in [3.63, 3.8) is 0 Å². The zero-order valence-corrected chi connectivity index (χ0v) is 18.9. The summed E-state index contributed by atoms with van der Waals surface area (Å²) in [7, 11) is 1.76. The molecule has 0 atom stereocenters. The molecule has 0 unspecified atom stereocenters. The van der Waals surface area contributed by atoms with E-state index in [0.717, 1.165) is 60.2 Å². The fourth-order valence-corrected chi connectivity index (χ4v) is 3.29. The van der Waals surface area contributed by atoms with Crippen LogP contribution < -0.4 is 15.5 Å².